The summed E-state index contributed by atoms with van der Waals surface area (Å²) < 4.78 is 76.1. The van der Waals surface area contributed by atoms with E-state index in [1.165, 1.54) is 76.9 Å². The summed E-state index contributed by atoms with van der Waals surface area (Å²) in [5.41, 5.74) is 1.40. The minimum Gasteiger partial charge on any atom is -0.394 e. The molecule has 0 bridgehead atoms. The maximum absolute atomic E-state index is 14.5. The monoisotopic (exact) mass is 1410 g/mol. The van der Waals surface area contributed by atoms with E-state index in [0.717, 1.165) is 32.1 Å². The van der Waals surface area contributed by atoms with Crippen molar-refractivity contribution in [1.82, 2.24) is 50.8 Å². The van der Waals surface area contributed by atoms with Crippen molar-refractivity contribution in [3.8, 4) is 22.5 Å². The highest BCUT2D eigenvalue weighted by molar-refractivity contribution is 5.81. The molecule has 10 unspecified atom stereocenters. The van der Waals surface area contributed by atoms with Gasteiger partial charge in [-0.25, -0.2) is 18.1 Å². The van der Waals surface area contributed by atoms with E-state index in [1.54, 1.807) is 33.2 Å². The summed E-state index contributed by atoms with van der Waals surface area (Å²) in [4.78, 5) is 57.2. The molecule has 6 fully saturated rings. The summed E-state index contributed by atoms with van der Waals surface area (Å²) >= 11 is 0. The van der Waals surface area contributed by atoms with Crippen LogP contribution in [0.4, 0.5) is 8.78 Å². The fourth-order valence-corrected chi connectivity index (χ4v) is 15.1. The molecular weight excluding hydrogens is 1310 g/mol. The first-order valence-corrected chi connectivity index (χ1v) is 35.3. The van der Waals surface area contributed by atoms with E-state index < -0.39 is 176 Å². The molecule has 5 heterocycles. The predicted molar refractivity (Wildman–Crippen MR) is 350 cm³/mol. The van der Waals surface area contributed by atoms with Gasteiger partial charge >= 0.3 is 0 Å². The number of ether oxygens (including phenoxy) is 7. The number of nitrogens with zero attached hydrogens (tertiary/aromatic N) is 7. The number of benzene rings is 2. The van der Waals surface area contributed by atoms with Gasteiger partial charge in [0.2, 0.25) is 11.8 Å². The number of halogens is 2. The molecule has 3 aliphatic carbocycles. The van der Waals surface area contributed by atoms with Gasteiger partial charge in [0.25, 0.3) is 5.91 Å². The smallest absolute Gasteiger partial charge is 0.251 e. The third-order valence-corrected chi connectivity index (χ3v) is 20.7. The number of amides is 3. The van der Waals surface area contributed by atoms with Gasteiger partial charge in [0, 0.05) is 63.5 Å². The Morgan fingerprint density at radius 1 is 0.680 bits per heavy atom. The molecule has 3 aliphatic heterocycles. The lowest BCUT2D eigenvalue weighted by atomic mass is 9.74. The molecule has 24 atom stereocenters. The largest absolute Gasteiger partial charge is 0.394 e. The zero-order valence-electron chi connectivity index (χ0n) is 57.4. The lowest BCUT2D eigenvalue weighted by molar-refractivity contribution is -0.338. The van der Waals surface area contributed by atoms with Crippen LogP contribution in [0, 0.1) is 35.3 Å². The molecule has 2 aromatic carbocycles. The number of Topliss-reactive ketones (excluding diaryl/α,β-unsaturated/α-hetero) is 1. The van der Waals surface area contributed by atoms with E-state index >= 15 is 0 Å². The van der Waals surface area contributed by atoms with Gasteiger partial charge in [0.1, 0.15) is 102 Å². The molecule has 6 aliphatic rings. The van der Waals surface area contributed by atoms with Gasteiger partial charge in [-0.3, -0.25) is 19.2 Å². The van der Waals surface area contributed by atoms with Crippen LogP contribution in [-0.2, 0) is 52.3 Å². The standard InChI is InChI=1S/C69H100F2N10O19/c1-7-38-26-41(30-51(63(38)100-69-62(91)61(90)56(85)35(3)94-69)98-67-54(74-36(4)83)64(59(88)53(34-82)99-67)95-52(66(93)79(5)6)25-37-15-10-9-11-16-37)48(84)21-14-22-72-23-24-73-65(92)42-29-47(80-32-45(75-77-80)39-17-12-19-43(70)27-39)57(86)50(31-42)97-68-60(89)55(58(87)49(8-2)96-68)81-33-46(76-78-81)40-18-13-20-44(71)28-40/h12-13,17-20,27-28,32-33,35,37-38,41-42,47,49-64,67-69,72,82,85-91H,7-11,14-16,21-26,29-31,34H2,1-6H3,(H,73,92)(H,74,83)/t35?,38?,41?,42-,47?,49?,50+,51+,52-,53-,54?,55?,56+,57?,58-,59-,60+,61-,62?,63+,64?,67+,68-,69-/m0/s1. The Labute approximate surface area is 579 Å². The van der Waals surface area contributed by atoms with Crippen molar-refractivity contribution in [3.05, 3.63) is 72.6 Å². The van der Waals surface area contributed by atoms with Crippen molar-refractivity contribution in [3.63, 3.8) is 0 Å². The highest BCUT2D eigenvalue weighted by Gasteiger charge is 2.54. The number of ketones is 1. The van der Waals surface area contributed by atoms with E-state index in [1.807, 2.05) is 6.92 Å². The second-order valence-electron chi connectivity index (χ2n) is 27.9. The predicted octanol–water partition coefficient (Wildman–Crippen LogP) is 1.76. The van der Waals surface area contributed by atoms with Crippen molar-refractivity contribution >= 4 is 23.5 Å². The van der Waals surface area contributed by atoms with Crippen molar-refractivity contribution in [2.24, 2.45) is 23.7 Å². The van der Waals surface area contributed by atoms with E-state index in [2.05, 4.69) is 36.6 Å². The van der Waals surface area contributed by atoms with Crippen LogP contribution in [0.1, 0.15) is 130 Å². The number of likely N-dealkylation sites (N-methyl/N-ethyl adjacent to an activating group) is 1. The molecule has 4 aromatic rings. The zero-order chi connectivity index (χ0) is 71.6. The van der Waals surface area contributed by atoms with Gasteiger partial charge in [-0.2, -0.15) is 0 Å². The molecule has 29 nitrogen and oxygen atoms in total. The lowest BCUT2D eigenvalue weighted by Crippen LogP contribution is -2.67. The number of aromatic nitrogens is 6. The first-order chi connectivity index (χ1) is 47.9. The molecule has 3 saturated heterocycles. The van der Waals surface area contributed by atoms with Crippen LogP contribution in [0.25, 0.3) is 22.5 Å². The van der Waals surface area contributed by atoms with E-state index in [9.17, 15) is 68.8 Å². The summed E-state index contributed by atoms with van der Waals surface area (Å²) in [5, 5.41) is 117. The van der Waals surface area contributed by atoms with Crippen LogP contribution in [0.2, 0.25) is 0 Å². The molecule has 3 saturated carbocycles. The number of hydrogen-bond donors (Lipinski definition) is 11. The van der Waals surface area contributed by atoms with Gasteiger partial charge in [-0.1, -0.05) is 87.1 Å². The first-order valence-electron chi connectivity index (χ1n) is 35.3. The maximum Gasteiger partial charge on any atom is 0.251 e. The Hall–Kier alpha value is -5.98. The Kier molecular flexibility index (Phi) is 26.8. The second kappa shape index (κ2) is 35.0. The normalized spacial score (nSPS) is 34.7. The summed E-state index contributed by atoms with van der Waals surface area (Å²) in [6.45, 7) is 6.49. The number of hydrogen-bond acceptors (Lipinski definition) is 24. The number of rotatable bonds is 28. The quantitative estimate of drug-likeness (QED) is 0.0361. The summed E-state index contributed by atoms with van der Waals surface area (Å²) in [6, 6.07) is 8.05. The number of nitrogens with one attached hydrogen (secondary N) is 3. The van der Waals surface area contributed by atoms with Crippen LogP contribution in [0.5, 0.6) is 0 Å². The minimum absolute atomic E-state index is 0.0210. The van der Waals surface area contributed by atoms with Crippen LogP contribution >= 0.6 is 0 Å². The minimum atomic E-state index is -1.70. The van der Waals surface area contributed by atoms with Crippen LogP contribution < -0.4 is 16.0 Å². The van der Waals surface area contributed by atoms with Gasteiger partial charge in [0.15, 0.2) is 18.9 Å². The Morgan fingerprint density at radius 2 is 1.32 bits per heavy atom. The molecule has 100 heavy (non-hydrogen) atoms. The number of carbonyl (C=O) groups is 4. The van der Waals surface area contributed by atoms with Crippen molar-refractivity contribution in [2.45, 2.75) is 246 Å². The number of aliphatic hydroxyl groups is 8. The van der Waals surface area contributed by atoms with E-state index in [4.69, 9.17) is 33.2 Å². The van der Waals surface area contributed by atoms with Gasteiger partial charge < -0.3 is 94.9 Å². The topological polar surface area (TPSA) is 395 Å². The van der Waals surface area contributed by atoms with Gasteiger partial charge in [0.05, 0.1) is 55.6 Å². The highest BCUT2D eigenvalue weighted by Crippen LogP contribution is 2.43. The Morgan fingerprint density at radius 3 is 1.96 bits per heavy atom. The molecule has 554 valence electrons. The highest BCUT2D eigenvalue weighted by atomic mass is 19.1. The molecule has 3 amide bonds. The lowest BCUT2D eigenvalue weighted by Gasteiger charge is -2.49. The fraction of sp³-hybridized carbons (Fsp3) is 0.710. The van der Waals surface area contributed by atoms with Crippen LogP contribution in [-0.4, -0.2) is 256 Å². The maximum atomic E-state index is 14.5. The van der Waals surface area contributed by atoms with Crippen molar-refractivity contribution in [2.75, 3.05) is 40.3 Å². The molecular formula is C69H100F2N10O19. The van der Waals surface area contributed by atoms with Gasteiger partial charge in [-0.05, 0) is 94.5 Å². The molecule has 2 aromatic heterocycles. The van der Waals surface area contributed by atoms with Gasteiger partial charge in [-0.15, -0.1) is 10.2 Å². The average molecular weight is 1410 g/mol. The molecule has 11 N–H and O–H groups in total. The Bertz CT molecular complexity index is 3310. The molecule has 0 radical (unpaired) electrons. The van der Waals surface area contributed by atoms with Crippen LogP contribution in [0.15, 0.2) is 60.9 Å². The second-order valence-corrected chi connectivity index (χ2v) is 27.9. The average Bonchev–Trinajstić information content (AvgIpc) is 1.03. The van der Waals surface area contributed by atoms with Crippen molar-refractivity contribution in [1.29, 1.82) is 0 Å². The summed E-state index contributed by atoms with van der Waals surface area (Å²) in [6.07, 6.45) is -14.2. The molecule has 10 rings (SSSR count). The molecule has 0 spiro atoms. The first kappa shape index (κ1) is 76.7. The fourth-order valence-electron chi connectivity index (χ4n) is 15.1. The van der Waals surface area contributed by atoms with Crippen LogP contribution in [0.3, 0.4) is 0 Å². The summed E-state index contributed by atoms with van der Waals surface area (Å²) in [5.74, 6) is -4.17. The Balaban J connectivity index is 0.797. The van der Waals surface area contributed by atoms with E-state index in [-0.39, 0.29) is 68.5 Å². The van der Waals surface area contributed by atoms with Crippen molar-refractivity contribution < 1.29 is 102 Å². The number of aliphatic hydroxyl groups excluding tert-OH is 8. The third-order valence-electron chi connectivity index (χ3n) is 20.7. The number of carbonyl (C=O) groups excluding carboxylic acids is 4. The molecule has 31 heteroatoms. The SMILES string of the molecule is CCC1O[C@@H](O[C@@H]2C[C@@H](C(=O)NCCNCCCC(=O)C3CC(CC)[C@@H](O[C@@H]4OC(C)[C@@H](O)[C@H](O)C4O)[C@H](O[C@@H]4O[C@@H](CO)[C@H](O)C(O[C@@H](CC5CCCCC5)C(=O)N(C)C)C4NC(C)=O)C3)CC(n3cc(-c4cccc(F)c4)nn3)C2O)[C@H](O)C(n2cc(-c3cccc(F)c3)nn2)[C@H]1O. The third kappa shape index (κ3) is 18.3. The summed E-state index contributed by atoms with van der Waals surface area (Å²) in [7, 11) is 3.20. The zero-order valence-corrected chi connectivity index (χ0v) is 57.4. The van der Waals surface area contributed by atoms with E-state index in [0.29, 0.717) is 49.0 Å².